The predicted molar refractivity (Wildman–Crippen MR) is 95.6 cm³/mol. The summed E-state index contributed by atoms with van der Waals surface area (Å²) >= 11 is 7.35. The third-order valence-electron chi connectivity index (χ3n) is 3.30. The normalized spacial score (nSPS) is 11.7. The van der Waals surface area contributed by atoms with Crippen molar-refractivity contribution in [3.8, 4) is 11.5 Å². The molecule has 0 radical (unpaired) electrons. The van der Waals surface area contributed by atoms with Gasteiger partial charge in [-0.15, -0.1) is 11.3 Å². The summed E-state index contributed by atoms with van der Waals surface area (Å²) in [5.74, 6) is 1.16. The highest BCUT2D eigenvalue weighted by atomic mass is 35.5. The molecule has 0 saturated carbocycles. The summed E-state index contributed by atoms with van der Waals surface area (Å²) in [5, 5.41) is 5.51. The molecule has 0 bridgehead atoms. The van der Waals surface area contributed by atoms with Gasteiger partial charge >= 0.3 is 6.03 Å². The molecule has 0 aliphatic carbocycles. The third kappa shape index (κ3) is 4.77. The van der Waals surface area contributed by atoms with Crippen molar-refractivity contribution in [2.45, 2.75) is 6.10 Å². The molecule has 0 fully saturated rings. The molecule has 0 spiro atoms. The first kappa shape index (κ1) is 18.4. The van der Waals surface area contributed by atoms with Crippen molar-refractivity contribution in [3.63, 3.8) is 0 Å². The van der Waals surface area contributed by atoms with Gasteiger partial charge in [0.1, 0.15) is 17.6 Å². The van der Waals surface area contributed by atoms with Gasteiger partial charge in [-0.2, -0.15) is 0 Å². The molecule has 130 valence electrons. The van der Waals surface area contributed by atoms with E-state index in [0.29, 0.717) is 28.1 Å². The van der Waals surface area contributed by atoms with Crippen molar-refractivity contribution in [2.75, 3.05) is 33.2 Å². The molecule has 1 atom stereocenters. The lowest BCUT2D eigenvalue weighted by molar-refractivity contribution is 0.107. The summed E-state index contributed by atoms with van der Waals surface area (Å²) < 4.78 is 16.4. The Morgan fingerprint density at radius 2 is 2.00 bits per heavy atom. The standard InChI is InChI=1S/C16H19ClN2O4S/c1-21-10-4-5-11(12(8-10)22-2)19-16(20)18-9-13(23-3)14-6-7-15(17)24-14/h4-8,13H,9H2,1-3H3,(H2,18,19,20). The summed E-state index contributed by atoms with van der Waals surface area (Å²) in [4.78, 5) is 13.1. The van der Waals surface area contributed by atoms with Crippen LogP contribution in [0.4, 0.5) is 10.5 Å². The van der Waals surface area contributed by atoms with Crippen LogP contribution in [0.15, 0.2) is 30.3 Å². The molecular weight excluding hydrogens is 352 g/mol. The first-order valence-corrected chi connectivity index (χ1v) is 8.31. The van der Waals surface area contributed by atoms with Crippen molar-refractivity contribution in [3.05, 3.63) is 39.5 Å². The van der Waals surface area contributed by atoms with Gasteiger partial charge in [0.2, 0.25) is 0 Å². The van der Waals surface area contributed by atoms with Gasteiger partial charge in [-0.3, -0.25) is 0 Å². The lowest BCUT2D eigenvalue weighted by Gasteiger charge is -2.16. The summed E-state index contributed by atoms with van der Waals surface area (Å²) in [6, 6.07) is 8.47. The van der Waals surface area contributed by atoms with Crippen molar-refractivity contribution >= 4 is 34.7 Å². The van der Waals surface area contributed by atoms with Crippen LogP contribution in [-0.4, -0.2) is 33.9 Å². The number of carbonyl (C=O) groups excluding carboxylic acids is 1. The number of benzene rings is 1. The van der Waals surface area contributed by atoms with Crippen LogP contribution in [-0.2, 0) is 4.74 Å². The maximum absolute atomic E-state index is 12.1. The van der Waals surface area contributed by atoms with Crippen LogP contribution in [0.1, 0.15) is 11.0 Å². The fraction of sp³-hybridized carbons (Fsp3) is 0.312. The van der Waals surface area contributed by atoms with E-state index in [1.807, 2.05) is 6.07 Å². The monoisotopic (exact) mass is 370 g/mol. The molecule has 2 rings (SSSR count). The van der Waals surface area contributed by atoms with Crippen molar-refractivity contribution in [1.29, 1.82) is 0 Å². The molecule has 8 heteroatoms. The number of thiophene rings is 1. The second kappa shape index (κ2) is 8.77. The molecule has 6 nitrogen and oxygen atoms in total. The van der Waals surface area contributed by atoms with Gasteiger partial charge in [0, 0.05) is 18.1 Å². The second-order valence-corrected chi connectivity index (χ2v) is 6.51. The van der Waals surface area contributed by atoms with E-state index >= 15 is 0 Å². The van der Waals surface area contributed by atoms with E-state index < -0.39 is 0 Å². The molecule has 1 aromatic carbocycles. The Bertz CT molecular complexity index is 692. The smallest absolute Gasteiger partial charge is 0.319 e. The predicted octanol–water partition coefficient (Wildman–Crippen LogP) is 3.93. The number of nitrogens with one attached hydrogen (secondary N) is 2. The molecular formula is C16H19ClN2O4S. The molecule has 0 aliphatic rings. The van der Waals surface area contributed by atoms with Gasteiger partial charge in [-0.1, -0.05) is 11.6 Å². The SMILES string of the molecule is COc1ccc(NC(=O)NCC(OC)c2ccc(Cl)s2)c(OC)c1. The average Bonchev–Trinajstić information content (AvgIpc) is 3.02. The fourth-order valence-corrected chi connectivity index (χ4v) is 3.19. The number of hydrogen-bond acceptors (Lipinski definition) is 5. The van der Waals surface area contributed by atoms with Crippen LogP contribution in [0.2, 0.25) is 4.34 Å². The maximum atomic E-state index is 12.1. The van der Waals surface area contributed by atoms with Gasteiger partial charge in [-0.05, 0) is 24.3 Å². The Labute approximate surface area is 149 Å². The Kier molecular flexibility index (Phi) is 6.72. The van der Waals surface area contributed by atoms with Crippen LogP contribution in [0.3, 0.4) is 0 Å². The number of anilines is 1. The first-order valence-electron chi connectivity index (χ1n) is 7.12. The summed E-state index contributed by atoms with van der Waals surface area (Å²) in [6.07, 6.45) is -0.258. The molecule has 1 aromatic heterocycles. The zero-order chi connectivity index (χ0) is 17.5. The van der Waals surface area contributed by atoms with Crippen LogP contribution in [0.5, 0.6) is 11.5 Å². The molecule has 0 saturated heterocycles. The molecule has 2 amide bonds. The van der Waals surface area contributed by atoms with Crippen LogP contribution in [0, 0.1) is 0 Å². The molecule has 2 N–H and O–H groups in total. The highest BCUT2D eigenvalue weighted by Gasteiger charge is 2.15. The van der Waals surface area contributed by atoms with Crippen LogP contribution >= 0.6 is 22.9 Å². The minimum atomic E-state index is -0.358. The zero-order valence-electron chi connectivity index (χ0n) is 13.6. The van der Waals surface area contributed by atoms with Gasteiger partial charge < -0.3 is 24.8 Å². The Morgan fingerprint density at radius 3 is 2.58 bits per heavy atom. The van der Waals surface area contributed by atoms with E-state index in [2.05, 4.69) is 10.6 Å². The summed E-state index contributed by atoms with van der Waals surface area (Å²) in [6.45, 7) is 0.317. The number of rotatable bonds is 7. The van der Waals surface area contributed by atoms with E-state index in [-0.39, 0.29) is 12.1 Å². The van der Waals surface area contributed by atoms with E-state index in [0.717, 1.165) is 4.88 Å². The quantitative estimate of drug-likeness (QED) is 0.774. The summed E-state index contributed by atoms with van der Waals surface area (Å²) in [5.41, 5.74) is 0.545. The van der Waals surface area contributed by atoms with E-state index in [9.17, 15) is 4.79 Å². The molecule has 2 aromatic rings. The number of ether oxygens (including phenoxy) is 3. The van der Waals surface area contributed by atoms with E-state index in [4.69, 9.17) is 25.8 Å². The van der Waals surface area contributed by atoms with Crippen molar-refractivity contribution in [2.24, 2.45) is 0 Å². The Hall–Kier alpha value is -1.96. The summed E-state index contributed by atoms with van der Waals surface area (Å²) in [7, 11) is 4.68. The lowest BCUT2D eigenvalue weighted by atomic mass is 10.2. The lowest BCUT2D eigenvalue weighted by Crippen LogP contribution is -2.32. The molecule has 1 heterocycles. The van der Waals surface area contributed by atoms with E-state index in [1.54, 1.807) is 38.5 Å². The number of carbonyl (C=O) groups is 1. The topological polar surface area (TPSA) is 68.8 Å². The number of methoxy groups -OCH3 is 3. The maximum Gasteiger partial charge on any atom is 0.319 e. The molecule has 1 unspecified atom stereocenters. The Balaban J connectivity index is 1.95. The zero-order valence-corrected chi connectivity index (χ0v) is 15.2. The number of halogens is 1. The van der Waals surface area contributed by atoms with Crippen LogP contribution in [0.25, 0.3) is 0 Å². The fourth-order valence-electron chi connectivity index (χ4n) is 2.06. The van der Waals surface area contributed by atoms with Gasteiger partial charge in [0.05, 0.1) is 30.8 Å². The number of urea groups is 1. The van der Waals surface area contributed by atoms with Gasteiger partial charge in [0.15, 0.2) is 0 Å². The minimum absolute atomic E-state index is 0.258. The van der Waals surface area contributed by atoms with Crippen molar-refractivity contribution in [1.82, 2.24) is 5.32 Å². The first-order chi connectivity index (χ1) is 11.6. The number of hydrogen-bond donors (Lipinski definition) is 2. The molecule has 0 aliphatic heterocycles. The highest BCUT2D eigenvalue weighted by molar-refractivity contribution is 7.16. The van der Waals surface area contributed by atoms with Crippen molar-refractivity contribution < 1.29 is 19.0 Å². The largest absolute Gasteiger partial charge is 0.497 e. The van der Waals surface area contributed by atoms with Gasteiger partial charge in [0.25, 0.3) is 0 Å². The van der Waals surface area contributed by atoms with Crippen LogP contribution < -0.4 is 20.1 Å². The Morgan fingerprint density at radius 1 is 1.21 bits per heavy atom. The minimum Gasteiger partial charge on any atom is -0.497 e. The van der Waals surface area contributed by atoms with Gasteiger partial charge in [-0.25, -0.2) is 4.79 Å². The second-order valence-electron chi connectivity index (χ2n) is 4.77. The van der Waals surface area contributed by atoms with E-state index in [1.165, 1.54) is 18.4 Å². The third-order valence-corrected chi connectivity index (χ3v) is 4.62. The molecule has 24 heavy (non-hydrogen) atoms. The average molecular weight is 371 g/mol. The number of amides is 2. The highest BCUT2D eigenvalue weighted by Crippen LogP contribution is 2.30.